The summed E-state index contributed by atoms with van der Waals surface area (Å²) in [6.45, 7) is 2.62. The molecule has 2 aliphatic rings. The molecule has 1 amide bonds. The molecule has 1 saturated carbocycles. The maximum absolute atomic E-state index is 13.0. The zero-order valence-corrected chi connectivity index (χ0v) is 13.8. The Bertz CT molecular complexity index is 790. The number of halogens is 1. The number of ether oxygens (including phenoxy) is 1. The highest BCUT2D eigenvalue weighted by Gasteiger charge is 2.65. The van der Waals surface area contributed by atoms with Gasteiger partial charge in [-0.05, 0) is 36.1 Å². The van der Waals surface area contributed by atoms with E-state index in [4.69, 9.17) is 16.3 Å². The van der Waals surface area contributed by atoms with E-state index in [1.807, 2.05) is 30.3 Å². The lowest BCUT2D eigenvalue weighted by molar-refractivity contribution is -0.120. The number of methoxy groups -OCH3 is 1. The largest absolute Gasteiger partial charge is 0.497 e. The van der Waals surface area contributed by atoms with Crippen LogP contribution in [0.5, 0.6) is 5.75 Å². The van der Waals surface area contributed by atoms with E-state index in [1.54, 1.807) is 18.2 Å². The minimum absolute atomic E-state index is 0.144. The number of carbonyl (C=O) groups is 1. The highest BCUT2D eigenvalue weighted by molar-refractivity contribution is 6.30. The van der Waals surface area contributed by atoms with Crippen LogP contribution in [0.3, 0.4) is 0 Å². The first-order valence-electron chi connectivity index (χ1n) is 7.67. The Morgan fingerprint density at radius 1 is 1.39 bits per heavy atom. The summed E-state index contributed by atoms with van der Waals surface area (Å²) in [5.41, 5.74) is 1.63. The second kappa shape index (κ2) is 4.96. The van der Waals surface area contributed by atoms with E-state index in [0.29, 0.717) is 17.5 Å². The van der Waals surface area contributed by atoms with Gasteiger partial charge in [-0.1, -0.05) is 30.7 Å². The average Bonchev–Trinajstić information content (AvgIpc) is 3.19. The maximum Gasteiger partial charge on any atom is 0.239 e. The molecule has 1 aliphatic heterocycles. The summed E-state index contributed by atoms with van der Waals surface area (Å²) in [4.78, 5) is 19.2. The molecule has 2 heterocycles. The van der Waals surface area contributed by atoms with Crippen molar-refractivity contribution in [3.63, 3.8) is 0 Å². The lowest BCUT2D eigenvalue weighted by atomic mass is 9.97. The molecule has 5 heteroatoms. The number of amides is 1. The van der Waals surface area contributed by atoms with Gasteiger partial charge >= 0.3 is 0 Å². The van der Waals surface area contributed by atoms with E-state index in [1.165, 1.54) is 0 Å². The summed E-state index contributed by atoms with van der Waals surface area (Å²) < 4.78 is 5.18. The summed E-state index contributed by atoms with van der Waals surface area (Å²) >= 11 is 6.11. The summed E-state index contributed by atoms with van der Waals surface area (Å²) in [5, 5.41) is 0.585. The number of anilines is 1. The first kappa shape index (κ1) is 14.5. The van der Waals surface area contributed by atoms with Gasteiger partial charge in [-0.2, -0.15) is 0 Å². The van der Waals surface area contributed by atoms with Crippen molar-refractivity contribution in [3.8, 4) is 5.75 Å². The predicted molar refractivity (Wildman–Crippen MR) is 88.9 cm³/mol. The van der Waals surface area contributed by atoms with Crippen LogP contribution in [-0.2, 0) is 16.8 Å². The molecule has 23 heavy (non-hydrogen) atoms. The lowest BCUT2D eigenvalue weighted by Gasteiger charge is -2.17. The molecule has 0 saturated heterocycles. The molecule has 1 aromatic heterocycles. The molecule has 0 bridgehead atoms. The monoisotopic (exact) mass is 328 g/mol. The third-order valence-corrected chi connectivity index (χ3v) is 5.21. The van der Waals surface area contributed by atoms with Crippen molar-refractivity contribution in [2.24, 2.45) is 5.92 Å². The number of hydrogen-bond donors (Lipinski definition) is 0. The lowest BCUT2D eigenvalue weighted by Crippen LogP contribution is -2.32. The Labute approximate surface area is 140 Å². The molecule has 1 spiro atoms. The molecule has 1 aliphatic carbocycles. The molecule has 0 unspecified atom stereocenters. The highest BCUT2D eigenvalue weighted by atomic mass is 35.5. The Morgan fingerprint density at radius 3 is 2.70 bits per heavy atom. The van der Waals surface area contributed by atoms with Crippen molar-refractivity contribution in [1.82, 2.24) is 4.98 Å². The Kier molecular flexibility index (Phi) is 3.13. The van der Waals surface area contributed by atoms with Crippen LogP contribution < -0.4 is 9.64 Å². The van der Waals surface area contributed by atoms with Gasteiger partial charge in [-0.3, -0.25) is 9.69 Å². The fourth-order valence-corrected chi connectivity index (χ4v) is 3.74. The molecule has 118 valence electrons. The Hall–Kier alpha value is -2.07. The second-order valence-electron chi connectivity index (χ2n) is 6.34. The predicted octanol–water partition coefficient (Wildman–Crippen LogP) is 3.57. The summed E-state index contributed by atoms with van der Waals surface area (Å²) in [6.07, 6.45) is 2.49. The summed E-state index contributed by atoms with van der Waals surface area (Å²) in [7, 11) is 1.64. The average molecular weight is 329 g/mol. The fourth-order valence-electron chi connectivity index (χ4n) is 3.59. The molecule has 4 nitrogen and oxygen atoms in total. The van der Waals surface area contributed by atoms with Crippen molar-refractivity contribution < 1.29 is 9.53 Å². The Balaban J connectivity index is 1.71. The standard InChI is InChI=1S/C18H17ClN2O2/c1-11-8-18(11)15-7-13(19)9-20-16(15)21(17(18)22)10-12-3-5-14(23-2)6-4-12/h3-7,9,11H,8,10H2,1-2H3/t11-,18-/m1/s1. The minimum Gasteiger partial charge on any atom is -0.497 e. The number of rotatable bonds is 3. The number of aromatic nitrogens is 1. The Morgan fingerprint density at radius 2 is 2.09 bits per heavy atom. The SMILES string of the molecule is COc1ccc(CN2C(=O)[C@@]3(C[C@H]3C)c3cc(Cl)cnc32)cc1. The van der Waals surface area contributed by atoms with Crippen LogP contribution in [0.25, 0.3) is 0 Å². The van der Waals surface area contributed by atoms with Crippen LogP contribution in [0.15, 0.2) is 36.5 Å². The van der Waals surface area contributed by atoms with Crippen molar-refractivity contribution in [1.29, 1.82) is 0 Å². The van der Waals surface area contributed by atoms with Crippen molar-refractivity contribution in [3.05, 3.63) is 52.7 Å². The van der Waals surface area contributed by atoms with Gasteiger partial charge in [0, 0.05) is 11.8 Å². The molecule has 0 N–H and O–H groups in total. The van der Waals surface area contributed by atoms with Crippen LogP contribution in [0.1, 0.15) is 24.5 Å². The first-order chi connectivity index (χ1) is 11.1. The number of hydrogen-bond acceptors (Lipinski definition) is 3. The highest BCUT2D eigenvalue weighted by Crippen LogP contribution is 2.61. The van der Waals surface area contributed by atoms with E-state index >= 15 is 0 Å². The van der Waals surface area contributed by atoms with E-state index in [9.17, 15) is 4.79 Å². The van der Waals surface area contributed by atoms with Crippen LogP contribution in [0.4, 0.5) is 5.82 Å². The van der Waals surface area contributed by atoms with Crippen molar-refractivity contribution >= 4 is 23.3 Å². The molecule has 0 radical (unpaired) electrons. The quantitative estimate of drug-likeness (QED) is 0.865. The smallest absolute Gasteiger partial charge is 0.239 e. The number of carbonyl (C=O) groups excluding carboxylic acids is 1. The van der Waals surface area contributed by atoms with Crippen LogP contribution in [0.2, 0.25) is 5.02 Å². The van der Waals surface area contributed by atoms with Crippen LogP contribution >= 0.6 is 11.6 Å². The minimum atomic E-state index is -0.403. The summed E-state index contributed by atoms with van der Waals surface area (Å²) in [5.74, 6) is 2.04. The van der Waals surface area contributed by atoms with E-state index in [0.717, 1.165) is 29.1 Å². The summed E-state index contributed by atoms with van der Waals surface area (Å²) in [6, 6.07) is 9.66. The second-order valence-corrected chi connectivity index (χ2v) is 6.78. The normalized spacial score (nSPS) is 24.9. The van der Waals surface area contributed by atoms with Gasteiger partial charge < -0.3 is 4.74 Å². The number of fused-ring (bicyclic) bond motifs is 2. The van der Waals surface area contributed by atoms with Gasteiger partial charge in [0.1, 0.15) is 11.6 Å². The number of pyridine rings is 1. The number of nitrogens with zero attached hydrogens (tertiary/aromatic N) is 2. The van der Waals surface area contributed by atoms with Gasteiger partial charge in [0.25, 0.3) is 0 Å². The van der Waals surface area contributed by atoms with Crippen molar-refractivity contribution in [2.45, 2.75) is 25.3 Å². The molecular formula is C18H17ClN2O2. The third kappa shape index (κ3) is 2.05. The molecule has 1 fully saturated rings. The molecule has 2 aromatic rings. The first-order valence-corrected chi connectivity index (χ1v) is 8.05. The zero-order valence-electron chi connectivity index (χ0n) is 13.0. The van der Waals surface area contributed by atoms with Crippen molar-refractivity contribution in [2.75, 3.05) is 12.0 Å². The van der Waals surface area contributed by atoms with E-state index < -0.39 is 5.41 Å². The maximum atomic E-state index is 13.0. The van der Waals surface area contributed by atoms with E-state index in [-0.39, 0.29) is 5.91 Å². The van der Waals surface area contributed by atoms with Gasteiger partial charge in [0.15, 0.2) is 0 Å². The fraction of sp³-hybridized carbons (Fsp3) is 0.333. The van der Waals surface area contributed by atoms with Gasteiger partial charge in [-0.25, -0.2) is 4.98 Å². The number of benzene rings is 1. The van der Waals surface area contributed by atoms with Gasteiger partial charge in [-0.15, -0.1) is 0 Å². The third-order valence-electron chi connectivity index (χ3n) is 5.01. The van der Waals surface area contributed by atoms with Crippen LogP contribution in [-0.4, -0.2) is 18.0 Å². The van der Waals surface area contributed by atoms with E-state index in [2.05, 4.69) is 11.9 Å². The molecule has 4 rings (SSSR count). The topological polar surface area (TPSA) is 42.4 Å². The van der Waals surface area contributed by atoms with Gasteiger partial charge in [0.05, 0.1) is 24.1 Å². The zero-order chi connectivity index (χ0) is 16.2. The molecular weight excluding hydrogens is 312 g/mol. The molecule has 2 atom stereocenters. The van der Waals surface area contributed by atoms with Gasteiger partial charge in [0.2, 0.25) is 5.91 Å². The van der Waals surface area contributed by atoms with Crippen LogP contribution in [0, 0.1) is 5.92 Å². The molecule has 1 aromatic carbocycles.